The SMILES string of the molecule is Clc1ccc2c(ccc3oc(-c4ccc(-c5ccccc5)cc4)nc32)c1. The molecule has 0 atom stereocenters. The van der Waals surface area contributed by atoms with Crippen LogP contribution in [0.25, 0.3) is 44.5 Å². The van der Waals surface area contributed by atoms with Gasteiger partial charge in [0.05, 0.1) is 0 Å². The first-order valence-electron chi connectivity index (χ1n) is 8.43. The number of oxazole rings is 1. The quantitative estimate of drug-likeness (QED) is 0.342. The van der Waals surface area contributed by atoms with E-state index in [0.717, 1.165) is 32.5 Å². The topological polar surface area (TPSA) is 26.0 Å². The first-order chi connectivity index (χ1) is 12.8. The molecule has 2 nitrogen and oxygen atoms in total. The van der Waals surface area contributed by atoms with Crippen LogP contribution in [0, 0.1) is 0 Å². The number of benzene rings is 4. The van der Waals surface area contributed by atoms with Gasteiger partial charge in [-0.2, -0.15) is 0 Å². The maximum absolute atomic E-state index is 6.09. The average Bonchev–Trinajstić information content (AvgIpc) is 3.13. The second-order valence-electron chi connectivity index (χ2n) is 6.24. The van der Waals surface area contributed by atoms with Gasteiger partial charge in [-0.15, -0.1) is 0 Å². The third-order valence-electron chi connectivity index (χ3n) is 4.58. The lowest BCUT2D eigenvalue weighted by Crippen LogP contribution is -1.80. The van der Waals surface area contributed by atoms with Crippen LogP contribution in [0.5, 0.6) is 0 Å². The summed E-state index contributed by atoms with van der Waals surface area (Å²) in [6.07, 6.45) is 0. The van der Waals surface area contributed by atoms with Crippen molar-refractivity contribution >= 4 is 33.5 Å². The largest absolute Gasteiger partial charge is 0.436 e. The highest BCUT2D eigenvalue weighted by molar-refractivity contribution is 6.31. The van der Waals surface area contributed by atoms with Gasteiger partial charge >= 0.3 is 0 Å². The van der Waals surface area contributed by atoms with Crippen LogP contribution in [0.15, 0.2) is 89.3 Å². The van der Waals surface area contributed by atoms with Crippen LogP contribution in [0.3, 0.4) is 0 Å². The highest BCUT2D eigenvalue weighted by Gasteiger charge is 2.11. The predicted octanol–water partition coefficient (Wildman–Crippen LogP) is 6.97. The third kappa shape index (κ3) is 2.56. The lowest BCUT2D eigenvalue weighted by atomic mass is 10.0. The first-order valence-corrected chi connectivity index (χ1v) is 8.80. The van der Waals surface area contributed by atoms with E-state index < -0.39 is 0 Å². The minimum Gasteiger partial charge on any atom is -0.436 e. The van der Waals surface area contributed by atoms with E-state index in [1.54, 1.807) is 0 Å². The van der Waals surface area contributed by atoms with Crippen LogP contribution in [0.4, 0.5) is 0 Å². The Morgan fingerprint density at radius 3 is 2.23 bits per heavy atom. The van der Waals surface area contributed by atoms with Gasteiger partial charge in [0, 0.05) is 16.0 Å². The molecule has 0 bridgehead atoms. The van der Waals surface area contributed by atoms with E-state index in [2.05, 4.69) is 24.3 Å². The fourth-order valence-electron chi connectivity index (χ4n) is 3.25. The first kappa shape index (κ1) is 15.2. The van der Waals surface area contributed by atoms with E-state index in [-0.39, 0.29) is 0 Å². The molecule has 0 aliphatic carbocycles. The number of aromatic nitrogens is 1. The van der Waals surface area contributed by atoms with E-state index in [9.17, 15) is 0 Å². The van der Waals surface area contributed by atoms with Gasteiger partial charge in [0.2, 0.25) is 5.89 Å². The summed E-state index contributed by atoms with van der Waals surface area (Å²) in [5.74, 6) is 0.627. The van der Waals surface area contributed by atoms with Crippen LogP contribution in [-0.2, 0) is 0 Å². The van der Waals surface area contributed by atoms with Gasteiger partial charge in [0.15, 0.2) is 5.58 Å². The minimum atomic E-state index is 0.627. The van der Waals surface area contributed by atoms with Gasteiger partial charge in [-0.1, -0.05) is 66.2 Å². The molecule has 0 amide bonds. The lowest BCUT2D eigenvalue weighted by Gasteiger charge is -2.02. The Morgan fingerprint density at radius 1 is 0.692 bits per heavy atom. The van der Waals surface area contributed by atoms with Crippen molar-refractivity contribution in [3.8, 4) is 22.6 Å². The second-order valence-corrected chi connectivity index (χ2v) is 6.68. The molecule has 0 saturated carbocycles. The number of nitrogens with zero attached hydrogens (tertiary/aromatic N) is 1. The Morgan fingerprint density at radius 2 is 1.42 bits per heavy atom. The van der Waals surface area contributed by atoms with Gasteiger partial charge in [-0.25, -0.2) is 4.98 Å². The van der Waals surface area contributed by atoms with Crippen molar-refractivity contribution in [1.82, 2.24) is 4.98 Å². The highest BCUT2D eigenvalue weighted by Crippen LogP contribution is 2.31. The maximum Gasteiger partial charge on any atom is 0.227 e. The summed E-state index contributed by atoms with van der Waals surface area (Å²) < 4.78 is 5.99. The van der Waals surface area contributed by atoms with Crippen molar-refractivity contribution in [3.63, 3.8) is 0 Å². The Kier molecular flexibility index (Phi) is 3.51. The van der Waals surface area contributed by atoms with Crippen LogP contribution >= 0.6 is 11.6 Å². The number of rotatable bonds is 2. The summed E-state index contributed by atoms with van der Waals surface area (Å²) in [4.78, 5) is 4.73. The van der Waals surface area contributed by atoms with Crippen LogP contribution in [0.2, 0.25) is 5.02 Å². The smallest absolute Gasteiger partial charge is 0.227 e. The predicted molar refractivity (Wildman–Crippen MR) is 107 cm³/mol. The van der Waals surface area contributed by atoms with E-state index in [4.69, 9.17) is 21.0 Å². The summed E-state index contributed by atoms with van der Waals surface area (Å²) in [6.45, 7) is 0. The Labute approximate surface area is 155 Å². The van der Waals surface area contributed by atoms with Gasteiger partial charge in [-0.05, 0) is 46.8 Å². The molecule has 124 valence electrons. The van der Waals surface area contributed by atoms with E-state index in [1.165, 1.54) is 11.1 Å². The lowest BCUT2D eigenvalue weighted by molar-refractivity contribution is 0.620. The molecule has 0 unspecified atom stereocenters. The monoisotopic (exact) mass is 355 g/mol. The summed E-state index contributed by atoms with van der Waals surface area (Å²) >= 11 is 6.09. The fourth-order valence-corrected chi connectivity index (χ4v) is 3.43. The van der Waals surface area contributed by atoms with Crippen LogP contribution in [-0.4, -0.2) is 4.98 Å². The molecular weight excluding hydrogens is 342 g/mol. The summed E-state index contributed by atoms with van der Waals surface area (Å²) in [7, 11) is 0. The summed E-state index contributed by atoms with van der Waals surface area (Å²) in [5, 5.41) is 2.82. The molecule has 0 radical (unpaired) electrons. The molecule has 3 heteroatoms. The third-order valence-corrected chi connectivity index (χ3v) is 4.81. The summed E-state index contributed by atoms with van der Waals surface area (Å²) in [5.41, 5.74) is 4.97. The standard InChI is InChI=1S/C23H14ClNO/c24-19-11-12-20-18(14-19)10-13-21-22(20)25-23(26-21)17-8-6-16(7-9-17)15-4-2-1-3-5-15/h1-14H. The van der Waals surface area contributed by atoms with Crippen molar-refractivity contribution in [1.29, 1.82) is 0 Å². The Balaban J connectivity index is 1.59. The van der Waals surface area contributed by atoms with Gasteiger partial charge in [-0.3, -0.25) is 0 Å². The molecular formula is C23H14ClNO. The van der Waals surface area contributed by atoms with Crippen molar-refractivity contribution in [2.24, 2.45) is 0 Å². The zero-order chi connectivity index (χ0) is 17.5. The van der Waals surface area contributed by atoms with Crippen LogP contribution in [0.1, 0.15) is 0 Å². The normalized spacial score (nSPS) is 11.3. The molecule has 0 aliphatic rings. The van der Waals surface area contributed by atoms with Crippen molar-refractivity contribution < 1.29 is 4.42 Å². The molecule has 0 N–H and O–H groups in total. The zero-order valence-corrected chi connectivity index (χ0v) is 14.6. The number of halogens is 1. The van der Waals surface area contributed by atoms with Crippen molar-refractivity contribution in [2.45, 2.75) is 0 Å². The summed E-state index contributed by atoms with van der Waals surface area (Å²) in [6, 6.07) is 28.4. The number of fused-ring (bicyclic) bond motifs is 3. The average molecular weight is 356 g/mol. The molecule has 5 aromatic rings. The van der Waals surface area contributed by atoms with Crippen molar-refractivity contribution in [2.75, 3.05) is 0 Å². The number of hydrogen-bond donors (Lipinski definition) is 0. The molecule has 5 rings (SSSR count). The fraction of sp³-hybridized carbons (Fsp3) is 0. The van der Waals surface area contributed by atoms with Gasteiger partial charge in [0.25, 0.3) is 0 Å². The van der Waals surface area contributed by atoms with E-state index in [1.807, 2.05) is 60.7 Å². The Hall–Kier alpha value is -3.10. The second kappa shape index (κ2) is 6.01. The molecule has 4 aromatic carbocycles. The van der Waals surface area contributed by atoms with Crippen LogP contribution < -0.4 is 0 Å². The Bertz CT molecular complexity index is 1220. The molecule has 1 heterocycles. The molecule has 1 aromatic heterocycles. The van der Waals surface area contributed by atoms with Crippen molar-refractivity contribution in [3.05, 3.63) is 90.0 Å². The van der Waals surface area contributed by atoms with E-state index in [0.29, 0.717) is 5.89 Å². The molecule has 0 fully saturated rings. The molecule has 26 heavy (non-hydrogen) atoms. The number of hydrogen-bond acceptors (Lipinski definition) is 2. The van der Waals surface area contributed by atoms with Gasteiger partial charge in [0.1, 0.15) is 5.52 Å². The minimum absolute atomic E-state index is 0.627. The molecule has 0 aliphatic heterocycles. The van der Waals surface area contributed by atoms with E-state index >= 15 is 0 Å². The highest BCUT2D eigenvalue weighted by atomic mass is 35.5. The zero-order valence-electron chi connectivity index (χ0n) is 13.8. The molecule has 0 saturated heterocycles. The van der Waals surface area contributed by atoms with Gasteiger partial charge < -0.3 is 4.42 Å². The molecule has 0 spiro atoms. The maximum atomic E-state index is 6.09.